The van der Waals surface area contributed by atoms with Crippen LogP contribution in [-0.4, -0.2) is 42.6 Å². The Morgan fingerprint density at radius 1 is 1.04 bits per heavy atom. The highest BCUT2D eigenvalue weighted by Crippen LogP contribution is 2.47. The molecule has 12 heteroatoms. The fourth-order valence-electron chi connectivity index (χ4n) is 2.26. The van der Waals surface area contributed by atoms with Gasteiger partial charge in [-0.15, -0.1) is 0 Å². The molecule has 0 bridgehead atoms. The van der Waals surface area contributed by atoms with Gasteiger partial charge in [-0.2, -0.15) is 34.8 Å². The van der Waals surface area contributed by atoms with E-state index < -0.39 is 46.2 Å². The Hall–Kier alpha value is -1.04. The topological polar surface area (TPSA) is 80.7 Å². The molecule has 0 aliphatic heterocycles. The summed E-state index contributed by atoms with van der Waals surface area (Å²) in [6.45, 7) is 3.78. The molecule has 0 heterocycles. The smallest absolute Gasteiger partial charge is 0.438 e. The molecule has 0 saturated carbocycles. The number of hydrogen-bond acceptors (Lipinski definition) is 4. The molecular formula is C14H22F6O5S. The van der Waals surface area contributed by atoms with E-state index in [9.17, 15) is 39.6 Å². The minimum Gasteiger partial charge on any atom is -0.438 e. The van der Waals surface area contributed by atoms with Crippen LogP contribution in [0.1, 0.15) is 52.4 Å². The molecule has 1 unspecified atom stereocenters. The number of ether oxygens (including phenoxy) is 1. The lowest BCUT2D eigenvalue weighted by atomic mass is 9.98. The highest BCUT2D eigenvalue weighted by atomic mass is 32.2. The van der Waals surface area contributed by atoms with Crippen LogP contribution < -0.4 is 0 Å². The fraction of sp³-hybridized carbons (Fsp3) is 0.929. The van der Waals surface area contributed by atoms with E-state index in [2.05, 4.69) is 4.74 Å². The molecule has 0 aromatic carbocycles. The quantitative estimate of drug-likeness (QED) is 0.327. The molecular weight excluding hydrogens is 394 g/mol. The second-order valence-electron chi connectivity index (χ2n) is 6.16. The van der Waals surface area contributed by atoms with E-state index in [0.717, 1.165) is 19.3 Å². The van der Waals surface area contributed by atoms with E-state index in [1.165, 1.54) is 0 Å². The number of halogens is 6. The number of alkyl halides is 6. The van der Waals surface area contributed by atoms with Gasteiger partial charge in [0.25, 0.3) is 10.1 Å². The largest absolute Gasteiger partial charge is 0.438 e. The number of unbranched alkanes of at least 4 members (excludes halogenated alkanes) is 1. The van der Waals surface area contributed by atoms with E-state index in [-0.39, 0.29) is 12.3 Å². The summed E-state index contributed by atoms with van der Waals surface area (Å²) in [4.78, 5) is 11.5. The first-order chi connectivity index (χ1) is 11.6. The van der Waals surface area contributed by atoms with Crippen LogP contribution >= 0.6 is 0 Å². The lowest BCUT2D eigenvalue weighted by molar-refractivity contribution is -0.361. The Kier molecular flexibility index (Phi) is 8.88. The first kappa shape index (κ1) is 25.0. The number of hydrogen-bond donors (Lipinski definition) is 1. The van der Waals surface area contributed by atoms with Gasteiger partial charge in [-0.3, -0.25) is 9.35 Å². The van der Waals surface area contributed by atoms with Crippen LogP contribution in [0, 0.1) is 5.92 Å². The van der Waals surface area contributed by atoms with Gasteiger partial charge < -0.3 is 4.74 Å². The molecule has 156 valence electrons. The first-order valence-corrected chi connectivity index (χ1v) is 9.47. The molecule has 0 saturated heterocycles. The molecule has 26 heavy (non-hydrogen) atoms. The molecule has 0 spiro atoms. The lowest BCUT2D eigenvalue weighted by Crippen LogP contribution is -2.63. The molecule has 1 N–H and O–H groups in total. The van der Waals surface area contributed by atoms with Crippen LogP contribution in [0.4, 0.5) is 26.3 Å². The molecule has 0 rings (SSSR count). The van der Waals surface area contributed by atoms with Gasteiger partial charge in [0.1, 0.15) is 5.75 Å². The molecule has 1 atom stereocenters. The average molecular weight is 416 g/mol. The zero-order chi connectivity index (χ0) is 20.8. The van der Waals surface area contributed by atoms with Gasteiger partial charge in [0.2, 0.25) is 0 Å². The van der Waals surface area contributed by atoms with Crippen molar-refractivity contribution in [2.45, 2.75) is 70.3 Å². The highest BCUT2D eigenvalue weighted by molar-refractivity contribution is 7.85. The van der Waals surface area contributed by atoms with Gasteiger partial charge in [-0.25, -0.2) is 0 Å². The van der Waals surface area contributed by atoms with Crippen LogP contribution in [0.3, 0.4) is 0 Å². The van der Waals surface area contributed by atoms with Gasteiger partial charge in [-0.1, -0.05) is 39.5 Å². The monoisotopic (exact) mass is 416 g/mol. The second kappa shape index (κ2) is 9.25. The van der Waals surface area contributed by atoms with E-state index in [1.54, 1.807) is 0 Å². The van der Waals surface area contributed by atoms with Gasteiger partial charge in [-0.05, 0) is 12.3 Å². The molecule has 5 nitrogen and oxygen atoms in total. The van der Waals surface area contributed by atoms with Crippen molar-refractivity contribution in [2.75, 3.05) is 5.75 Å². The minimum atomic E-state index is -6.29. The van der Waals surface area contributed by atoms with Gasteiger partial charge >= 0.3 is 23.9 Å². The molecule has 0 aliphatic rings. The molecule has 0 radical (unpaired) electrons. The number of rotatable bonds is 10. The fourth-order valence-corrected chi connectivity index (χ4v) is 3.16. The van der Waals surface area contributed by atoms with Gasteiger partial charge in [0.05, 0.1) is 0 Å². The maximum atomic E-state index is 13.0. The third-order valence-corrected chi connectivity index (χ3v) is 4.49. The minimum absolute atomic E-state index is 0.0125. The SMILES string of the molecule is CCCCC(C)CCCC(=O)OC(CS(=O)(=O)O)(C(F)(F)F)C(F)(F)F. The second-order valence-corrected chi connectivity index (χ2v) is 7.61. The van der Waals surface area contributed by atoms with Crippen LogP contribution in [0.25, 0.3) is 0 Å². The summed E-state index contributed by atoms with van der Waals surface area (Å²) in [5.41, 5.74) is -5.32. The maximum absolute atomic E-state index is 13.0. The summed E-state index contributed by atoms with van der Waals surface area (Å²) in [6.07, 6.45) is -10.3. The molecule has 0 amide bonds. The van der Waals surface area contributed by atoms with Crippen molar-refractivity contribution >= 4 is 16.1 Å². The summed E-state index contributed by atoms with van der Waals surface area (Å²) in [7, 11) is -5.76. The third kappa shape index (κ3) is 7.68. The first-order valence-electron chi connectivity index (χ1n) is 7.86. The third-order valence-electron chi connectivity index (χ3n) is 3.72. The Bertz CT molecular complexity index is 541. The standard InChI is InChI=1S/C14H22F6O5S/c1-3-4-6-10(2)7-5-8-11(21)25-12(13(15,16)17,14(18,19)20)9-26(22,23)24/h10H,3-9H2,1-2H3,(H,22,23,24). The van der Waals surface area contributed by atoms with Crippen LogP contribution in [0.15, 0.2) is 0 Å². The predicted octanol–water partition coefficient (Wildman–Crippen LogP) is 4.28. The molecule has 0 aromatic heterocycles. The van der Waals surface area contributed by atoms with E-state index >= 15 is 0 Å². The lowest BCUT2D eigenvalue weighted by Gasteiger charge is -2.35. The van der Waals surface area contributed by atoms with Crippen molar-refractivity contribution in [2.24, 2.45) is 5.92 Å². The Labute approximate surface area is 147 Å². The molecule has 0 aromatic rings. The van der Waals surface area contributed by atoms with Crippen molar-refractivity contribution in [3.63, 3.8) is 0 Å². The zero-order valence-corrected chi connectivity index (χ0v) is 15.1. The van der Waals surface area contributed by atoms with Crippen molar-refractivity contribution < 1.29 is 48.8 Å². The summed E-state index contributed by atoms with van der Waals surface area (Å²) in [5, 5.41) is 0. The summed E-state index contributed by atoms with van der Waals surface area (Å²) in [5.74, 6) is -4.58. The number of carbonyl (C=O) groups excluding carboxylic acids is 1. The van der Waals surface area contributed by atoms with Gasteiger partial charge in [0.15, 0.2) is 0 Å². The van der Waals surface area contributed by atoms with Crippen molar-refractivity contribution in [1.29, 1.82) is 0 Å². The van der Waals surface area contributed by atoms with Crippen LogP contribution in [-0.2, 0) is 19.6 Å². The predicted molar refractivity (Wildman–Crippen MR) is 79.9 cm³/mol. The van der Waals surface area contributed by atoms with Crippen LogP contribution in [0.5, 0.6) is 0 Å². The van der Waals surface area contributed by atoms with E-state index in [4.69, 9.17) is 4.55 Å². The summed E-state index contributed by atoms with van der Waals surface area (Å²) >= 11 is 0. The number of esters is 1. The molecule has 0 aliphatic carbocycles. The van der Waals surface area contributed by atoms with Crippen molar-refractivity contribution in [3.8, 4) is 0 Å². The van der Waals surface area contributed by atoms with Crippen molar-refractivity contribution in [3.05, 3.63) is 0 Å². The number of carbonyl (C=O) groups is 1. The highest BCUT2D eigenvalue weighted by Gasteiger charge is 2.75. The van der Waals surface area contributed by atoms with E-state index in [0.29, 0.717) is 6.42 Å². The maximum Gasteiger partial charge on any atom is 0.438 e. The van der Waals surface area contributed by atoms with Crippen LogP contribution in [0.2, 0.25) is 0 Å². The average Bonchev–Trinajstić information content (AvgIpc) is 2.40. The Morgan fingerprint density at radius 2 is 1.50 bits per heavy atom. The normalized spacial score (nSPS) is 15.0. The Balaban J connectivity index is 5.23. The zero-order valence-electron chi connectivity index (χ0n) is 14.3. The van der Waals surface area contributed by atoms with E-state index in [1.807, 2.05) is 13.8 Å². The summed E-state index contributed by atoms with van der Waals surface area (Å²) in [6, 6.07) is 0. The van der Waals surface area contributed by atoms with Gasteiger partial charge in [0, 0.05) is 6.42 Å². The Morgan fingerprint density at radius 3 is 1.88 bits per heavy atom. The van der Waals surface area contributed by atoms with Crippen molar-refractivity contribution in [1.82, 2.24) is 0 Å². The summed E-state index contributed by atoms with van der Waals surface area (Å²) < 4.78 is 111. The molecule has 0 fully saturated rings.